The Morgan fingerprint density at radius 1 is 1.17 bits per heavy atom. The van der Waals surface area contributed by atoms with E-state index in [1.807, 2.05) is 41.0 Å². The monoisotopic (exact) mass is 234 g/mol. The van der Waals surface area contributed by atoms with E-state index in [4.69, 9.17) is 5.26 Å². The lowest BCUT2D eigenvalue weighted by Crippen LogP contribution is -2.02. The van der Waals surface area contributed by atoms with Crippen LogP contribution in [0.3, 0.4) is 0 Å². The van der Waals surface area contributed by atoms with E-state index in [2.05, 4.69) is 16.0 Å². The molecule has 3 rings (SSSR count). The zero-order valence-electron chi connectivity index (χ0n) is 9.61. The van der Waals surface area contributed by atoms with Crippen LogP contribution in [0.4, 0.5) is 0 Å². The smallest absolute Gasteiger partial charge is 0.214 e. The van der Waals surface area contributed by atoms with Crippen molar-refractivity contribution in [2.24, 2.45) is 0 Å². The normalized spacial score (nSPS) is 10.4. The second kappa shape index (κ2) is 4.30. The topological polar surface area (TPSA) is 54.5 Å². The molecule has 1 aromatic carbocycles. The number of hydrogen-bond donors (Lipinski definition) is 0. The molecule has 2 heterocycles. The van der Waals surface area contributed by atoms with E-state index in [0.29, 0.717) is 12.4 Å². The molecule has 86 valence electrons. The van der Waals surface area contributed by atoms with Crippen molar-refractivity contribution in [3.8, 4) is 6.07 Å². The van der Waals surface area contributed by atoms with Gasteiger partial charge >= 0.3 is 0 Å². The summed E-state index contributed by atoms with van der Waals surface area (Å²) in [6.07, 6.45) is 3.43. The standard InChI is InChI=1S/C14H10N4/c15-8-14-17-12-6-7-16-9-13(12)18(14)10-11-4-2-1-3-5-11/h1-7,9H,10H2. The number of aromatic nitrogens is 3. The van der Waals surface area contributed by atoms with Gasteiger partial charge in [0.1, 0.15) is 6.07 Å². The van der Waals surface area contributed by atoms with Crippen molar-refractivity contribution in [3.05, 3.63) is 60.2 Å². The van der Waals surface area contributed by atoms with Crippen LogP contribution in [0.5, 0.6) is 0 Å². The lowest BCUT2D eigenvalue weighted by molar-refractivity contribution is 0.807. The summed E-state index contributed by atoms with van der Waals surface area (Å²) in [5.41, 5.74) is 2.83. The highest BCUT2D eigenvalue weighted by molar-refractivity contribution is 5.75. The molecule has 2 aromatic heterocycles. The Bertz CT molecular complexity index is 722. The Morgan fingerprint density at radius 3 is 2.78 bits per heavy atom. The van der Waals surface area contributed by atoms with Gasteiger partial charge in [-0.3, -0.25) is 4.98 Å². The molecule has 4 heteroatoms. The number of rotatable bonds is 2. The third kappa shape index (κ3) is 1.72. The lowest BCUT2D eigenvalue weighted by Gasteiger charge is -2.05. The number of benzene rings is 1. The van der Waals surface area contributed by atoms with Crippen molar-refractivity contribution in [1.29, 1.82) is 5.26 Å². The minimum atomic E-state index is 0.418. The first kappa shape index (κ1) is 10.5. The number of nitrogens with zero attached hydrogens (tertiary/aromatic N) is 4. The van der Waals surface area contributed by atoms with E-state index >= 15 is 0 Å². The quantitative estimate of drug-likeness (QED) is 0.684. The molecule has 0 saturated carbocycles. The van der Waals surface area contributed by atoms with Crippen molar-refractivity contribution in [2.75, 3.05) is 0 Å². The molecule has 0 aliphatic heterocycles. The van der Waals surface area contributed by atoms with Crippen LogP contribution in [-0.2, 0) is 6.54 Å². The van der Waals surface area contributed by atoms with Crippen molar-refractivity contribution >= 4 is 11.0 Å². The van der Waals surface area contributed by atoms with Crippen LogP contribution < -0.4 is 0 Å². The van der Waals surface area contributed by atoms with Gasteiger partial charge in [-0.2, -0.15) is 5.26 Å². The summed E-state index contributed by atoms with van der Waals surface area (Å²) in [6.45, 7) is 0.631. The average molecular weight is 234 g/mol. The Labute approximate surface area is 104 Å². The van der Waals surface area contributed by atoms with E-state index in [0.717, 1.165) is 16.6 Å². The summed E-state index contributed by atoms with van der Waals surface area (Å²) in [6, 6.07) is 14.0. The third-order valence-corrected chi connectivity index (χ3v) is 2.83. The first-order valence-corrected chi connectivity index (χ1v) is 5.63. The van der Waals surface area contributed by atoms with E-state index < -0.39 is 0 Å². The first-order chi connectivity index (χ1) is 8.88. The van der Waals surface area contributed by atoms with Crippen molar-refractivity contribution in [2.45, 2.75) is 6.54 Å². The molecule has 0 N–H and O–H groups in total. The van der Waals surface area contributed by atoms with Gasteiger partial charge in [-0.25, -0.2) is 4.98 Å². The molecule has 0 fully saturated rings. The highest BCUT2D eigenvalue weighted by Gasteiger charge is 2.10. The maximum absolute atomic E-state index is 9.14. The predicted octanol–water partition coefficient (Wildman–Crippen LogP) is 2.35. The van der Waals surface area contributed by atoms with Crippen molar-refractivity contribution in [1.82, 2.24) is 14.5 Å². The van der Waals surface area contributed by atoms with Crippen LogP contribution in [0.2, 0.25) is 0 Å². The van der Waals surface area contributed by atoms with Crippen molar-refractivity contribution < 1.29 is 0 Å². The van der Waals surface area contributed by atoms with Crippen LogP contribution in [-0.4, -0.2) is 14.5 Å². The first-order valence-electron chi connectivity index (χ1n) is 5.63. The summed E-state index contributed by atoms with van der Waals surface area (Å²) in [4.78, 5) is 8.38. The van der Waals surface area contributed by atoms with E-state index in [-0.39, 0.29) is 0 Å². The molecule has 4 nitrogen and oxygen atoms in total. The van der Waals surface area contributed by atoms with Gasteiger partial charge in [0.15, 0.2) is 0 Å². The molecule has 0 bridgehead atoms. The van der Waals surface area contributed by atoms with Gasteiger partial charge in [0.2, 0.25) is 5.82 Å². The molecule has 3 aromatic rings. The fourth-order valence-electron chi connectivity index (χ4n) is 1.98. The number of fused-ring (bicyclic) bond motifs is 1. The highest BCUT2D eigenvalue weighted by Crippen LogP contribution is 2.16. The molecule has 0 unspecified atom stereocenters. The van der Waals surface area contributed by atoms with Crippen LogP contribution in [0, 0.1) is 11.3 Å². The number of hydrogen-bond acceptors (Lipinski definition) is 3. The molecule has 18 heavy (non-hydrogen) atoms. The van der Waals surface area contributed by atoms with Crippen LogP contribution in [0.15, 0.2) is 48.8 Å². The Hall–Kier alpha value is -2.67. The zero-order valence-corrected chi connectivity index (χ0v) is 9.61. The average Bonchev–Trinajstić information content (AvgIpc) is 2.78. The van der Waals surface area contributed by atoms with Crippen molar-refractivity contribution in [3.63, 3.8) is 0 Å². The van der Waals surface area contributed by atoms with Gasteiger partial charge in [-0.15, -0.1) is 0 Å². The van der Waals surface area contributed by atoms with Crippen LogP contribution >= 0.6 is 0 Å². The third-order valence-electron chi connectivity index (χ3n) is 2.83. The van der Waals surface area contributed by atoms with Gasteiger partial charge < -0.3 is 4.57 Å². The molecule has 0 radical (unpaired) electrons. The molecule has 0 atom stereocenters. The summed E-state index contributed by atoms with van der Waals surface area (Å²) in [5.74, 6) is 0.418. The molecular weight excluding hydrogens is 224 g/mol. The zero-order chi connectivity index (χ0) is 12.4. The second-order valence-electron chi connectivity index (χ2n) is 3.98. The Kier molecular flexibility index (Phi) is 2.50. The predicted molar refractivity (Wildman–Crippen MR) is 67.8 cm³/mol. The molecule has 0 amide bonds. The van der Waals surface area contributed by atoms with Gasteiger partial charge in [-0.1, -0.05) is 30.3 Å². The molecule has 0 spiro atoms. The Balaban J connectivity index is 2.13. The highest BCUT2D eigenvalue weighted by atomic mass is 15.1. The van der Waals surface area contributed by atoms with Crippen LogP contribution in [0.25, 0.3) is 11.0 Å². The van der Waals surface area contributed by atoms with E-state index in [1.54, 1.807) is 12.4 Å². The molecule has 0 aliphatic rings. The van der Waals surface area contributed by atoms with Crippen LogP contribution in [0.1, 0.15) is 11.4 Å². The van der Waals surface area contributed by atoms with Gasteiger partial charge in [-0.05, 0) is 11.6 Å². The molecule has 0 aliphatic carbocycles. The van der Waals surface area contributed by atoms with Gasteiger partial charge in [0, 0.05) is 6.20 Å². The molecule has 0 saturated heterocycles. The summed E-state index contributed by atoms with van der Waals surface area (Å²) in [5, 5.41) is 9.14. The van der Waals surface area contributed by atoms with E-state index in [9.17, 15) is 0 Å². The Morgan fingerprint density at radius 2 is 2.00 bits per heavy atom. The SMILES string of the molecule is N#Cc1nc2ccncc2n1Cc1ccccc1. The number of nitriles is 1. The minimum Gasteiger partial charge on any atom is -0.310 e. The second-order valence-corrected chi connectivity index (χ2v) is 3.98. The summed E-state index contributed by atoms with van der Waals surface area (Å²) < 4.78 is 1.89. The minimum absolute atomic E-state index is 0.418. The lowest BCUT2D eigenvalue weighted by atomic mass is 10.2. The fraction of sp³-hybridized carbons (Fsp3) is 0.0714. The largest absolute Gasteiger partial charge is 0.310 e. The van der Waals surface area contributed by atoms with Gasteiger partial charge in [0.05, 0.1) is 23.8 Å². The number of pyridine rings is 1. The summed E-state index contributed by atoms with van der Waals surface area (Å²) >= 11 is 0. The molecular formula is C14H10N4. The summed E-state index contributed by atoms with van der Waals surface area (Å²) in [7, 11) is 0. The fourth-order valence-corrected chi connectivity index (χ4v) is 1.98. The van der Waals surface area contributed by atoms with E-state index in [1.165, 1.54) is 0 Å². The maximum atomic E-state index is 9.14. The maximum Gasteiger partial charge on any atom is 0.214 e. The van der Waals surface area contributed by atoms with Gasteiger partial charge in [0.25, 0.3) is 0 Å². The number of imidazole rings is 1.